The second-order valence-electron chi connectivity index (χ2n) is 7.59. The van der Waals surface area contributed by atoms with Crippen molar-refractivity contribution in [3.8, 4) is 0 Å². The SMILES string of the molecule is CC(C)C1CN(CCCB2OC(C)(C)C(C)(C)O2)C1. The lowest BCUT2D eigenvalue weighted by Crippen LogP contribution is -2.49. The van der Waals surface area contributed by atoms with E-state index in [1.54, 1.807) is 0 Å². The first-order chi connectivity index (χ1) is 8.71. The van der Waals surface area contributed by atoms with Crippen LogP contribution in [0.1, 0.15) is 48.0 Å². The molecule has 0 aromatic heterocycles. The minimum absolute atomic E-state index is 0.0211. The zero-order valence-electron chi connectivity index (χ0n) is 13.5. The molecule has 0 aromatic carbocycles. The highest BCUT2D eigenvalue weighted by Gasteiger charge is 2.50. The Morgan fingerprint density at radius 2 is 1.63 bits per heavy atom. The molecule has 0 N–H and O–H groups in total. The largest absolute Gasteiger partial charge is 0.457 e. The van der Waals surface area contributed by atoms with Gasteiger partial charge in [-0.3, -0.25) is 0 Å². The Labute approximate surface area is 119 Å². The Morgan fingerprint density at radius 3 is 2.11 bits per heavy atom. The molecule has 0 saturated carbocycles. The molecule has 3 nitrogen and oxygen atoms in total. The standard InChI is InChI=1S/C15H30BNO2/c1-12(2)13-10-17(11-13)9-7-8-16-18-14(3,4)15(5,6)19-16/h12-13H,7-11H2,1-6H3. The fourth-order valence-corrected chi connectivity index (χ4v) is 2.78. The average molecular weight is 267 g/mol. The molecule has 2 rings (SSSR count). The van der Waals surface area contributed by atoms with Crippen molar-refractivity contribution in [2.45, 2.75) is 65.5 Å². The summed E-state index contributed by atoms with van der Waals surface area (Å²) in [4.78, 5) is 2.55. The van der Waals surface area contributed by atoms with Crippen LogP contribution in [0.3, 0.4) is 0 Å². The highest BCUT2D eigenvalue weighted by Crippen LogP contribution is 2.38. The van der Waals surface area contributed by atoms with Crippen molar-refractivity contribution in [1.29, 1.82) is 0 Å². The molecule has 0 radical (unpaired) electrons. The molecule has 2 aliphatic rings. The van der Waals surface area contributed by atoms with Gasteiger partial charge >= 0.3 is 7.12 Å². The molecule has 110 valence electrons. The number of hydrogen-bond acceptors (Lipinski definition) is 3. The Balaban J connectivity index is 1.63. The maximum atomic E-state index is 6.02. The molecule has 0 bridgehead atoms. The van der Waals surface area contributed by atoms with Crippen LogP contribution in [0, 0.1) is 11.8 Å². The third kappa shape index (κ3) is 3.34. The molecule has 2 fully saturated rings. The van der Waals surface area contributed by atoms with Crippen molar-refractivity contribution in [2.24, 2.45) is 11.8 Å². The Kier molecular flexibility index (Phi) is 4.34. The summed E-state index contributed by atoms with van der Waals surface area (Å²) in [5, 5.41) is 0. The minimum atomic E-state index is -0.183. The lowest BCUT2D eigenvalue weighted by molar-refractivity contribution is 0.00578. The van der Waals surface area contributed by atoms with Gasteiger partial charge in [-0.2, -0.15) is 0 Å². The summed E-state index contributed by atoms with van der Waals surface area (Å²) >= 11 is 0. The lowest BCUT2D eigenvalue weighted by Gasteiger charge is -2.41. The van der Waals surface area contributed by atoms with Crippen LogP contribution in [0.5, 0.6) is 0 Å². The predicted octanol–water partition coefficient (Wildman–Crippen LogP) is 3.06. The van der Waals surface area contributed by atoms with Crippen LogP contribution in [-0.2, 0) is 9.31 Å². The van der Waals surface area contributed by atoms with E-state index in [0.29, 0.717) is 0 Å². The summed E-state index contributed by atoms with van der Waals surface area (Å²) < 4.78 is 12.0. The van der Waals surface area contributed by atoms with Gasteiger partial charge < -0.3 is 14.2 Å². The fraction of sp³-hybridized carbons (Fsp3) is 1.00. The second kappa shape index (κ2) is 5.38. The molecular weight excluding hydrogens is 237 g/mol. The molecule has 0 unspecified atom stereocenters. The zero-order valence-corrected chi connectivity index (χ0v) is 13.5. The summed E-state index contributed by atoms with van der Waals surface area (Å²) in [6.07, 6.45) is 2.18. The van der Waals surface area contributed by atoms with E-state index >= 15 is 0 Å². The van der Waals surface area contributed by atoms with E-state index in [9.17, 15) is 0 Å². The first kappa shape index (κ1) is 15.3. The molecule has 0 atom stereocenters. The average Bonchev–Trinajstić information content (AvgIpc) is 2.38. The number of nitrogens with zero attached hydrogens (tertiary/aromatic N) is 1. The lowest BCUT2D eigenvalue weighted by atomic mass is 9.82. The number of rotatable bonds is 5. The van der Waals surface area contributed by atoms with Crippen molar-refractivity contribution < 1.29 is 9.31 Å². The summed E-state index contributed by atoms with van der Waals surface area (Å²) in [5.74, 6) is 1.75. The van der Waals surface area contributed by atoms with E-state index in [2.05, 4.69) is 46.4 Å². The topological polar surface area (TPSA) is 21.7 Å². The summed E-state index contributed by atoms with van der Waals surface area (Å²) in [6.45, 7) is 16.9. The van der Waals surface area contributed by atoms with Crippen molar-refractivity contribution in [1.82, 2.24) is 4.90 Å². The van der Waals surface area contributed by atoms with E-state index in [4.69, 9.17) is 9.31 Å². The zero-order chi connectivity index (χ0) is 14.3. The first-order valence-corrected chi connectivity index (χ1v) is 7.79. The van der Waals surface area contributed by atoms with Crippen molar-refractivity contribution in [2.75, 3.05) is 19.6 Å². The molecule has 0 spiro atoms. The maximum absolute atomic E-state index is 6.02. The van der Waals surface area contributed by atoms with E-state index in [1.807, 2.05) is 0 Å². The molecule has 2 saturated heterocycles. The fourth-order valence-electron chi connectivity index (χ4n) is 2.78. The van der Waals surface area contributed by atoms with Gasteiger partial charge in [0.25, 0.3) is 0 Å². The van der Waals surface area contributed by atoms with Crippen LogP contribution in [0.4, 0.5) is 0 Å². The maximum Gasteiger partial charge on any atom is 0.457 e. The highest BCUT2D eigenvalue weighted by atomic mass is 16.7. The van der Waals surface area contributed by atoms with E-state index in [1.165, 1.54) is 26.1 Å². The van der Waals surface area contributed by atoms with Gasteiger partial charge in [0.15, 0.2) is 0 Å². The molecule has 4 heteroatoms. The molecule has 0 amide bonds. The van der Waals surface area contributed by atoms with Crippen LogP contribution in [0.25, 0.3) is 0 Å². The van der Waals surface area contributed by atoms with Crippen LogP contribution in [0.2, 0.25) is 6.32 Å². The Morgan fingerprint density at radius 1 is 1.11 bits per heavy atom. The number of likely N-dealkylation sites (tertiary alicyclic amines) is 1. The van der Waals surface area contributed by atoms with Gasteiger partial charge in [0.1, 0.15) is 0 Å². The monoisotopic (exact) mass is 267 g/mol. The van der Waals surface area contributed by atoms with E-state index in [0.717, 1.165) is 18.2 Å². The molecule has 2 aliphatic heterocycles. The highest BCUT2D eigenvalue weighted by molar-refractivity contribution is 6.45. The molecule has 0 aromatic rings. The van der Waals surface area contributed by atoms with Crippen LogP contribution >= 0.6 is 0 Å². The first-order valence-electron chi connectivity index (χ1n) is 7.79. The van der Waals surface area contributed by atoms with Gasteiger partial charge in [0.05, 0.1) is 11.2 Å². The van der Waals surface area contributed by atoms with Gasteiger partial charge in [-0.15, -0.1) is 0 Å². The van der Waals surface area contributed by atoms with Crippen molar-refractivity contribution in [3.63, 3.8) is 0 Å². The Bertz CT molecular complexity index is 295. The predicted molar refractivity (Wildman–Crippen MR) is 80.3 cm³/mol. The van der Waals surface area contributed by atoms with Gasteiger partial charge in [-0.25, -0.2) is 0 Å². The van der Waals surface area contributed by atoms with E-state index < -0.39 is 0 Å². The molecule has 2 heterocycles. The molecule has 0 aliphatic carbocycles. The second-order valence-corrected chi connectivity index (χ2v) is 7.59. The van der Waals surface area contributed by atoms with E-state index in [-0.39, 0.29) is 18.3 Å². The van der Waals surface area contributed by atoms with Gasteiger partial charge in [0.2, 0.25) is 0 Å². The van der Waals surface area contributed by atoms with Gasteiger partial charge in [0, 0.05) is 13.1 Å². The smallest absolute Gasteiger partial charge is 0.403 e. The third-order valence-electron chi connectivity index (χ3n) is 5.14. The quantitative estimate of drug-likeness (QED) is 0.715. The number of hydrogen-bond donors (Lipinski definition) is 0. The summed E-state index contributed by atoms with van der Waals surface area (Å²) in [5.41, 5.74) is -0.367. The van der Waals surface area contributed by atoms with Gasteiger partial charge in [-0.1, -0.05) is 13.8 Å². The van der Waals surface area contributed by atoms with Crippen molar-refractivity contribution >= 4 is 7.12 Å². The normalized spacial score (nSPS) is 27.0. The third-order valence-corrected chi connectivity index (χ3v) is 5.14. The van der Waals surface area contributed by atoms with Crippen LogP contribution < -0.4 is 0 Å². The Hall–Kier alpha value is -0.0551. The van der Waals surface area contributed by atoms with Gasteiger partial charge in [-0.05, 0) is 58.8 Å². The molecular formula is C15H30BNO2. The minimum Gasteiger partial charge on any atom is -0.403 e. The van der Waals surface area contributed by atoms with Crippen LogP contribution in [-0.4, -0.2) is 42.9 Å². The molecule has 19 heavy (non-hydrogen) atoms. The summed E-state index contributed by atoms with van der Waals surface area (Å²) in [6, 6.07) is 0. The van der Waals surface area contributed by atoms with Crippen LogP contribution in [0.15, 0.2) is 0 Å². The summed E-state index contributed by atoms with van der Waals surface area (Å²) in [7, 11) is -0.0211. The van der Waals surface area contributed by atoms with Crippen molar-refractivity contribution in [3.05, 3.63) is 0 Å².